The van der Waals surface area contributed by atoms with Gasteiger partial charge in [-0.15, -0.1) is 0 Å². The number of aromatic nitrogens is 1. The van der Waals surface area contributed by atoms with E-state index in [1.807, 2.05) is 6.07 Å². The molecule has 64 valence electrons. The van der Waals surface area contributed by atoms with Crippen LogP contribution in [0, 0.1) is 0 Å². The molecule has 1 rings (SSSR count). The van der Waals surface area contributed by atoms with Crippen molar-refractivity contribution in [1.29, 1.82) is 0 Å². The van der Waals surface area contributed by atoms with E-state index in [0.717, 1.165) is 16.7 Å². The molecule has 0 saturated heterocycles. The van der Waals surface area contributed by atoms with Crippen molar-refractivity contribution in [1.82, 2.24) is 5.16 Å². The lowest BCUT2D eigenvalue weighted by Gasteiger charge is -2.21. The molecular formula is C7H13IN2O. The second-order valence-electron chi connectivity index (χ2n) is 3.44. The quantitative estimate of drug-likeness (QED) is 0.453. The highest BCUT2D eigenvalue weighted by atomic mass is 127. The summed E-state index contributed by atoms with van der Waals surface area (Å²) in [5.74, 6) is 0. The van der Waals surface area contributed by atoms with E-state index >= 15 is 0 Å². The maximum atomic E-state index is 4.70. The average Bonchev–Trinajstić information content (AvgIpc) is 2.12. The summed E-state index contributed by atoms with van der Waals surface area (Å²) in [7, 11) is 6.36. The Morgan fingerprint density at radius 3 is 2.45 bits per heavy atom. The Bertz CT molecular complexity index is 191. The molecule has 0 fully saturated rings. The van der Waals surface area contributed by atoms with E-state index in [1.54, 1.807) is 6.26 Å². The van der Waals surface area contributed by atoms with Crippen LogP contribution in [0.15, 0.2) is 16.9 Å². The van der Waals surface area contributed by atoms with Gasteiger partial charge in [0.1, 0.15) is 18.5 Å². The van der Waals surface area contributed by atoms with Gasteiger partial charge in [0.25, 0.3) is 0 Å². The Hall–Kier alpha value is -0.100. The van der Waals surface area contributed by atoms with E-state index in [4.69, 9.17) is 4.52 Å². The number of quaternary nitrogens is 1. The van der Waals surface area contributed by atoms with Crippen LogP contribution in [0.5, 0.6) is 0 Å². The van der Waals surface area contributed by atoms with Gasteiger partial charge in [-0.25, -0.2) is 0 Å². The van der Waals surface area contributed by atoms with Crippen LogP contribution in [-0.4, -0.2) is 30.8 Å². The minimum atomic E-state index is 0. The fraction of sp³-hybridized carbons (Fsp3) is 0.571. The summed E-state index contributed by atoms with van der Waals surface area (Å²) in [6.07, 6.45) is 1.60. The van der Waals surface area contributed by atoms with Gasteiger partial charge in [0.05, 0.1) is 21.1 Å². The minimum absolute atomic E-state index is 0. The number of nitrogens with zero attached hydrogens (tertiary/aromatic N) is 2. The zero-order chi connectivity index (χ0) is 7.61. The smallest absolute Gasteiger partial charge is 0.138 e. The molecule has 0 N–H and O–H groups in total. The van der Waals surface area contributed by atoms with Crippen molar-refractivity contribution < 1.29 is 33.0 Å². The zero-order valence-corrected chi connectivity index (χ0v) is 9.20. The maximum Gasteiger partial charge on any atom is 0.138 e. The second kappa shape index (κ2) is 4.06. The highest BCUT2D eigenvalue weighted by molar-refractivity contribution is 4.92. The molecule has 1 aromatic rings. The summed E-state index contributed by atoms with van der Waals surface area (Å²) in [6.45, 7) is 0.913. The second-order valence-corrected chi connectivity index (χ2v) is 3.44. The standard InChI is InChI=1S/C7H13N2O.HI/c1-9(2,3)6-7-4-5-10-8-7;/h4-5H,6H2,1-3H3;1H/q+1;/p-1. The van der Waals surface area contributed by atoms with Crippen molar-refractivity contribution in [3.05, 3.63) is 18.0 Å². The molecule has 0 saturated carbocycles. The van der Waals surface area contributed by atoms with Crippen molar-refractivity contribution in [2.75, 3.05) is 21.1 Å². The molecule has 4 heteroatoms. The van der Waals surface area contributed by atoms with Gasteiger partial charge in [0, 0.05) is 6.07 Å². The monoisotopic (exact) mass is 268 g/mol. The van der Waals surface area contributed by atoms with E-state index in [2.05, 4.69) is 26.3 Å². The predicted octanol–water partition coefficient (Wildman–Crippen LogP) is -2.12. The Balaban J connectivity index is 0.000001000. The molecule has 0 unspecified atom stereocenters. The van der Waals surface area contributed by atoms with Crippen LogP contribution in [0.1, 0.15) is 5.69 Å². The fourth-order valence-corrected chi connectivity index (χ4v) is 0.805. The number of halogens is 1. The molecule has 1 heterocycles. The highest BCUT2D eigenvalue weighted by Gasteiger charge is 2.09. The molecule has 0 bridgehead atoms. The molecule has 0 aromatic carbocycles. The summed E-state index contributed by atoms with van der Waals surface area (Å²) in [6, 6.07) is 1.89. The van der Waals surface area contributed by atoms with Gasteiger partial charge >= 0.3 is 0 Å². The first-order valence-electron chi connectivity index (χ1n) is 3.28. The molecule has 1 aromatic heterocycles. The predicted molar refractivity (Wildman–Crippen MR) is 38.2 cm³/mol. The lowest BCUT2D eigenvalue weighted by Crippen LogP contribution is -3.00. The van der Waals surface area contributed by atoms with Crippen molar-refractivity contribution >= 4 is 0 Å². The van der Waals surface area contributed by atoms with Gasteiger partial charge in [0.15, 0.2) is 0 Å². The maximum absolute atomic E-state index is 4.70. The normalized spacial score (nSPS) is 10.8. The molecule has 0 atom stereocenters. The zero-order valence-electron chi connectivity index (χ0n) is 7.04. The summed E-state index contributed by atoms with van der Waals surface area (Å²) in [5.41, 5.74) is 1.01. The Morgan fingerprint density at radius 1 is 1.45 bits per heavy atom. The summed E-state index contributed by atoms with van der Waals surface area (Å²) >= 11 is 0. The lowest BCUT2D eigenvalue weighted by molar-refractivity contribution is -0.884. The van der Waals surface area contributed by atoms with Crippen LogP contribution < -0.4 is 24.0 Å². The first kappa shape index (κ1) is 10.9. The molecule has 3 nitrogen and oxygen atoms in total. The largest absolute Gasteiger partial charge is 1.00 e. The Kier molecular flexibility index (Phi) is 4.02. The average molecular weight is 268 g/mol. The van der Waals surface area contributed by atoms with Gasteiger partial charge in [-0.2, -0.15) is 0 Å². The van der Waals surface area contributed by atoms with Crippen molar-refractivity contribution in [3.63, 3.8) is 0 Å². The van der Waals surface area contributed by atoms with Gasteiger partial charge in [-0.05, 0) is 0 Å². The van der Waals surface area contributed by atoms with E-state index in [1.165, 1.54) is 0 Å². The van der Waals surface area contributed by atoms with E-state index in [0.29, 0.717) is 0 Å². The number of hydrogen-bond acceptors (Lipinski definition) is 2. The van der Waals surface area contributed by atoms with Gasteiger partial charge in [0.2, 0.25) is 0 Å². The molecule has 0 spiro atoms. The van der Waals surface area contributed by atoms with Crippen LogP contribution in [0.2, 0.25) is 0 Å². The molecule has 0 aliphatic carbocycles. The molecule has 0 aliphatic rings. The van der Waals surface area contributed by atoms with Gasteiger partial charge in [-0.1, -0.05) is 5.16 Å². The van der Waals surface area contributed by atoms with Crippen molar-refractivity contribution in [2.45, 2.75) is 6.54 Å². The van der Waals surface area contributed by atoms with Crippen LogP contribution in [0.3, 0.4) is 0 Å². The molecule has 0 radical (unpaired) electrons. The summed E-state index contributed by atoms with van der Waals surface area (Å²) in [5, 5.41) is 3.81. The number of rotatable bonds is 2. The van der Waals surface area contributed by atoms with Crippen LogP contribution in [0.25, 0.3) is 0 Å². The van der Waals surface area contributed by atoms with E-state index in [9.17, 15) is 0 Å². The van der Waals surface area contributed by atoms with Crippen LogP contribution >= 0.6 is 0 Å². The Morgan fingerprint density at radius 2 is 2.09 bits per heavy atom. The summed E-state index contributed by atoms with van der Waals surface area (Å²) < 4.78 is 5.58. The third-order valence-electron chi connectivity index (χ3n) is 1.13. The molecule has 0 aliphatic heterocycles. The Labute approximate surface area is 84.0 Å². The SMILES string of the molecule is C[N+](C)(C)Cc1ccon1.[I-]. The van der Waals surface area contributed by atoms with Gasteiger partial charge < -0.3 is 33.0 Å². The van der Waals surface area contributed by atoms with Crippen LogP contribution in [0.4, 0.5) is 0 Å². The molecule has 0 amide bonds. The third kappa shape index (κ3) is 4.36. The summed E-state index contributed by atoms with van der Waals surface area (Å²) in [4.78, 5) is 0. The van der Waals surface area contributed by atoms with E-state index in [-0.39, 0.29) is 24.0 Å². The highest BCUT2D eigenvalue weighted by Crippen LogP contribution is 2.02. The topological polar surface area (TPSA) is 26.0 Å². The lowest BCUT2D eigenvalue weighted by atomic mass is 10.4. The first-order chi connectivity index (χ1) is 4.58. The van der Waals surface area contributed by atoms with Crippen LogP contribution in [-0.2, 0) is 6.54 Å². The third-order valence-corrected chi connectivity index (χ3v) is 1.13. The van der Waals surface area contributed by atoms with Crippen molar-refractivity contribution in [2.24, 2.45) is 0 Å². The minimum Gasteiger partial charge on any atom is -1.00 e. The first-order valence-corrected chi connectivity index (χ1v) is 3.28. The van der Waals surface area contributed by atoms with E-state index < -0.39 is 0 Å². The number of hydrogen-bond donors (Lipinski definition) is 0. The molecular weight excluding hydrogens is 255 g/mol. The molecule has 11 heavy (non-hydrogen) atoms. The fourth-order valence-electron chi connectivity index (χ4n) is 0.805. The van der Waals surface area contributed by atoms with Crippen molar-refractivity contribution in [3.8, 4) is 0 Å². The van der Waals surface area contributed by atoms with Gasteiger partial charge in [-0.3, -0.25) is 0 Å².